The number of rotatable bonds is 6. The number of esters is 1. The van der Waals surface area contributed by atoms with Gasteiger partial charge in [0.2, 0.25) is 0 Å². The van der Waals surface area contributed by atoms with E-state index in [1.54, 1.807) is 13.0 Å². The van der Waals surface area contributed by atoms with Gasteiger partial charge in [0.15, 0.2) is 4.84 Å². The van der Waals surface area contributed by atoms with Crippen molar-refractivity contribution in [2.45, 2.75) is 31.5 Å². The second kappa shape index (κ2) is 8.42. The summed E-state index contributed by atoms with van der Waals surface area (Å²) in [4.78, 5) is 21.4. The molecule has 0 unspecified atom stereocenters. The van der Waals surface area contributed by atoms with Crippen LogP contribution < -0.4 is 5.32 Å². The number of carbonyl (C=O) groups excluding carboxylic acids is 2. The van der Waals surface area contributed by atoms with Crippen molar-refractivity contribution < 1.29 is 14.3 Å². The molecule has 0 rings (SSSR count). The third-order valence-corrected chi connectivity index (χ3v) is 1.98. The second-order valence-corrected chi connectivity index (χ2v) is 4.01. The van der Waals surface area contributed by atoms with Crippen LogP contribution in [0.1, 0.15) is 26.7 Å². The summed E-state index contributed by atoms with van der Waals surface area (Å²) in [5.41, 5.74) is 0.0833. The number of alkyl halides is 2. The van der Waals surface area contributed by atoms with E-state index in [0.29, 0.717) is 6.42 Å². The normalized spacial score (nSPS) is 11.4. The van der Waals surface area contributed by atoms with Gasteiger partial charge in [0.25, 0.3) is 5.91 Å². The standard InChI is InChI=1S/C10H15Cl2NO3/c1-3-5-6-7(10(15)16-4-2)13-9(14)8(11)12/h6,8H,3-5H2,1-2H3,(H,13,14). The minimum Gasteiger partial charge on any atom is -0.461 e. The highest BCUT2D eigenvalue weighted by atomic mass is 35.5. The van der Waals surface area contributed by atoms with Gasteiger partial charge in [-0.2, -0.15) is 0 Å². The summed E-state index contributed by atoms with van der Waals surface area (Å²) in [6.45, 7) is 3.87. The van der Waals surface area contributed by atoms with Crippen molar-refractivity contribution in [3.8, 4) is 0 Å². The molecule has 0 saturated heterocycles. The molecule has 0 atom stereocenters. The highest BCUT2D eigenvalue weighted by Crippen LogP contribution is 2.05. The lowest BCUT2D eigenvalue weighted by Gasteiger charge is -2.09. The summed E-state index contributed by atoms with van der Waals surface area (Å²) >= 11 is 10.7. The number of hydrogen-bond donors (Lipinski definition) is 1. The summed E-state index contributed by atoms with van der Waals surface area (Å²) in [6.07, 6.45) is 3.10. The molecule has 0 aliphatic rings. The van der Waals surface area contributed by atoms with E-state index in [9.17, 15) is 9.59 Å². The van der Waals surface area contributed by atoms with Crippen LogP contribution >= 0.6 is 23.2 Å². The smallest absolute Gasteiger partial charge is 0.354 e. The molecule has 0 aromatic rings. The Bertz CT molecular complexity index is 277. The Hall–Kier alpha value is -0.740. The summed E-state index contributed by atoms with van der Waals surface area (Å²) in [7, 11) is 0. The highest BCUT2D eigenvalue weighted by molar-refractivity contribution is 6.53. The van der Waals surface area contributed by atoms with E-state index in [1.807, 2.05) is 6.92 Å². The molecule has 0 spiro atoms. The molecule has 1 amide bonds. The van der Waals surface area contributed by atoms with Gasteiger partial charge in [-0.25, -0.2) is 4.79 Å². The number of unbranched alkanes of at least 4 members (excludes halogenated alkanes) is 1. The van der Waals surface area contributed by atoms with Crippen LogP contribution in [0.2, 0.25) is 0 Å². The molecule has 0 heterocycles. The van der Waals surface area contributed by atoms with E-state index in [2.05, 4.69) is 5.32 Å². The van der Waals surface area contributed by atoms with Crippen molar-refractivity contribution in [1.82, 2.24) is 5.32 Å². The summed E-state index contributed by atoms with van der Waals surface area (Å²) in [5.74, 6) is -1.22. The zero-order valence-corrected chi connectivity index (χ0v) is 10.8. The Balaban J connectivity index is 4.55. The van der Waals surface area contributed by atoms with E-state index < -0.39 is 16.7 Å². The topological polar surface area (TPSA) is 55.4 Å². The average molecular weight is 268 g/mol. The van der Waals surface area contributed by atoms with E-state index in [-0.39, 0.29) is 12.3 Å². The lowest BCUT2D eigenvalue weighted by molar-refractivity contribution is -0.140. The molecule has 6 heteroatoms. The van der Waals surface area contributed by atoms with Crippen LogP contribution in [0.25, 0.3) is 0 Å². The van der Waals surface area contributed by atoms with Crippen LogP contribution in [0, 0.1) is 0 Å². The lowest BCUT2D eigenvalue weighted by Crippen LogP contribution is -2.32. The summed E-state index contributed by atoms with van der Waals surface area (Å²) in [5, 5.41) is 2.32. The minimum absolute atomic E-state index is 0.0833. The van der Waals surface area contributed by atoms with Gasteiger partial charge < -0.3 is 10.1 Å². The van der Waals surface area contributed by atoms with Crippen LogP contribution in [0.3, 0.4) is 0 Å². The molecule has 0 fully saturated rings. The fourth-order valence-electron chi connectivity index (χ4n) is 0.870. The summed E-state index contributed by atoms with van der Waals surface area (Å²) in [6, 6.07) is 0. The van der Waals surface area contributed by atoms with Gasteiger partial charge in [0.1, 0.15) is 5.70 Å². The first-order valence-electron chi connectivity index (χ1n) is 4.99. The van der Waals surface area contributed by atoms with E-state index >= 15 is 0 Å². The molecule has 0 aromatic carbocycles. The molecule has 0 aliphatic heterocycles. The highest BCUT2D eigenvalue weighted by Gasteiger charge is 2.17. The first-order valence-corrected chi connectivity index (χ1v) is 5.86. The Morgan fingerprint density at radius 1 is 1.38 bits per heavy atom. The first-order chi connectivity index (χ1) is 7.52. The molecular weight excluding hydrogens is 253 g/mol. The van der Waals surface area contributed by atoms with E-state index in [4.69, 9.17) is 27.9 Å². The second-order valence-electron chi connectivity index (χ2n) is 2.92. The molecule has 4 nitrogen and oxygen atoms in total. The fraction of sp³-hybridized carbons (Fsp3) is 0.600. The monoisotopic (exact) mass is 267 g/mol. The third kappa shape index (κ3) is 5.98. The molecule has 0 aromatic heterocycles. The van der Waals surface area contributed by atoms with Crippen LogP contribution in [-0.4, -0.2) is 23.3 Å². The van der Waals surface area contributed by atoms with Gasteiger partial charge in [-0.3, -0.25) is 4.79 Å². The fourth-order valence-corrected chi connectivity index (χ4v) is 0.979. The van der Waals surface area contributed by atoms with Gasteiger partial charge >= 0.3 is 5.97 Å². The molecule has 92 valence electrons. The average Bonchev–Trinajstić information content (AvgIpc) is 2.23. The molecular formula is C10H15Cl2NO3. The number of ether oxygens (including phenoxy) is 1. The van der Waals surface area contributed by atoms with Gasteiger partial charge in [-0.15, -0.1) is 0 Å². The molecule has 0 aliphatic carbocycles. The Morgan fingerprint density at radius 3 is 2.44 bits per heavy atom. The maximum Gasteiger partial charge on any atom is 0.354 e. The van der Waals surface area contributed by atoms with Crippen LogP contribution in [-0.2, 0) is 14.3 Å². The Morgan fingerprint density at radius 2 is 2.00 bits per heavy atom. The maximum absolute atomic E-state index is 11.4. The molecule has 16 heavy (non-hydrogen) atoms. The Labute approximate surface area is 105 Å². The Kier molecular flexibility index (Phi) is 8.03. The number of nitrogens with one attached hydrogen (secondary N) is 1. The van der Waals surface area contributed by atoms with Gasteiger partial charge in [0.05, 0.1) is 6.61 Å². The number of halogens is 2. The third-order valence-electron chi connectivity index (χ3n) is 1.59. The number of allylic oxidation sites excluding steroid dienone is 1. The van der Waals surface area contributed by atoms with Crippen LogP contribution in [0.15, 0.2) is 11.8 Å². The van der Waals surface area contributed by atoms with Gasteiger partial charge in [-0.05, 0) is 13.3 Å². The SMILES string of the molecule is CCCC=C(NC(=O)C(Cl)Cl)C(=O)OCC. The maximum atomic E-state index is 11.4. The number of amides is 1. The van der Waals surface area contributed by atoms with Crippen molar-refractivity contribution in [3.05, 3.63) is 11.8 Å². The first kappa shape index (κ1) is 15.3. The lowest BCUT2D eigenvalue weighted by atomic mass is 10.2. The van der Waals surface area contributed by atoms with Crippen molar-refractivity contribution >= 4 is 35.1 Å². The zero-order valence-electron chi connectivity index (χ0n) is 9.26. The minimum atomic E-state index is -1.21. The van der Waals surface area contributed by atoms with Crippen molar-refractivity contribution in [1.29, 1.82) is 0 Å². The zero-order chi connectivity index (χ0) is 12.6. The van der Waals surface area contributed by atoms with E-state index in [0.717, 1.165) is 6.42 Å². The molecule has 1 N–H and O–H groups in total. The molecule has 0 saturated carbocycles. The van der Waals surface area contributed by atoms with Crippen LogP contribution in [0.4, 0.5) is 0 Å². The predicted molar refractivity (Wildman–Crippen MR) is 63.3 cm³/mol. The molecule has 0 bridgehead atoms. The quantitative estimate of drug-likeness (QED) is 0.456. The van der Waals surface area contributed by atoms with Crippen molar-refractivity contribution in [2.75, 3.05) is 6.61 Å². The van der Waals surface area contributed by atoms with Gasteiger partial charge in [-0.1, -0.05) is 42.6 Å². The van der Waals surface area contributed by atoms with Crippen LogP contribution in [0.5, 0.6) is 0 Å². The van der Waals surface area contributed by atoms with Gasteiger partial charge in [0, 0.05) is 0 Å². The van der Waals surface area contributed by atoms with E-state index in [1.165, 1.54) is 0 Å². The number of carbonyl (C=O) groups is 2. The molecule has 0 radical (unpaired) electrons. The largest absolute Gasteiger partial charge is 0.461 e. The number of hydrogen-bond acceptors (Lipinski definition) is 3. The predicted octanol–water partition coefficient (Wildman–Crippen LogP) is 2.15. The van der Waals surface area contributed by atoms with Crippen molar-refractivity contribution in [2.24, 2.45) is 0 Å². The summed E-state index contributed by atoms with van der Waals surface area (Å²) < 4.78 is 4.77. The van der Waals surface area contributed by atoms with Crippen molar-refractivity contribution in [3.63, 3.8) is 0 Å².